The van der Waals surface area contributed by atoms with E-state index in [-0.39, 0.29) is 0 Å². The summed E-state index contributed by atoms with van der Waals surface area (Å²) in [5.41, 5.74) is 0. The van der Waals surface area contributed by atoms with Crippen molar-refractivity contribution in [3.8, 4) is 5.75 Å². The SMILES string of the molecule is c1cc[c]([Sn][c]2ccc(OC3CCNCC3)cc2)cc1. The van der Waals surface area contributed by atoms with Crippen LogP contribution in [0.1, 0.15) is 12.8 Å². The molecule has 0 aliphatic carbocycles. The van der Waals surface area contributed by atoms with Crippen molar-refractivity contribution in [2.45, 2.75) is 18.9 Å². The minimum absolute atomic E-state index is 0.385. The monoisotopic (exact) mass is 373 g/mol. The summed E-state index contributed by atoms with van der Waals surface area (Å²) >= 11 is -0.644. The molecular weight excluding hydrogens is 353 g/mol. The molecule has 1 saturated heterocycles. The quantitative estimate of drug-likeness (QED) is 0.822. The average Bonchev–Trinajstić information content (AvgIpc) is 2.51. The van der Waals surface area contributed by atoms with Crippen LogP contribution in [0, 0.1) is 0 Å². The van der Waals surface area contributed by atoms with Crippen LogP contribution in [0.2, 0.25) is 0 Å². The van der Waals surface area contributed by atoms with Crippen molar-refractivity contribution in [3.05, 3.63) is 54.6 Å². The first-order valence-corrected chi connectivity index (χ1v) is 10.0. The van der Waals surface area contributed by atoms with Gasteiger partial charge in [-0.05, 0) is 0 Å². The van der Waals surface area contributed by atoms with E-state index in [0.717, 1.165) is 31.7 Å². The van der Waals surface area contributed by atoms with Crippen molar-refractivity contribution < 1.29 is 4.74 Å². The second kappa shape index (κ2) is 7.13. The van der Waals surface area contributed by atoms with Crippen LogP contribution < -0.4 is 17.2 Å². The van der Waals surface area contributed by atoms with Crippen LogP contribution in [0.25, 0.3) is 0 Å². The number of hydrogen-bond donors (Lipinski definition) is 1. The fraction of sp³-hybridized carbons (Fsp3) is 0.294. The first-order valence-electron chi connectivity index (χ1n) is 7.20. The average molecular weight is 372 g/mol. The van der Waals surface area contributed by atoms with Crippen LogP contribution >= 0.6 is 0 Å². The molecule has 0 atom stereocenters. The topological polar surface area (TPSA) is 21.3 Å². The number of hydrogen-bond acceptors (Lipinski definition) is 2. The zero-order valence-electron chi connectivity index (χ0n) is 11.5. The molecule has 0 saturated carbocycles. The van der Waals surface area contributed by atoms with E-state index >= 15 is 0 Å². The molecule has 3 heteroatoms. The molecule has 2 aromatic rings. The van der Waals surface area contributed by atoms with Gasteiger partial charge in [0.2, 0.25) is 0 Å². The number of rotatable bonds is 4. The Kier molecular flexibility index (Phi) is 4.98. The third-order valence-corrected chi connectivity index (χ3v) is 7.06. The zero-order chi connectivity index (χ0) is 13.6. The molecule has 1 aliphatic heterocycles. The van der Waals surface area contributed by atoms with E-state index in [2.05, 4.69) is 59.9 Å². The summed E-state index contributed by atoms with van der Waals surface area (Å²) in [6, 6.07) is 19.6. The fourth-order valence-corrected chi connectivity index (χ4v) is 5.34. The predicted octanol–water partition coefficient (Wildman–Crippen LogP) is 1.47. The second-order valence-corrected chi connectivity index (χ2v) is 9.09. The van der Waals surface area contributed by atoms with Crippen LogP contribution in [-0.2, 0) is 0 Å². The molecule has 20 heavy (non-hydrogen) atoms. The van der Waals surface area contributed by atoms with Crippen LogP contribution in [0.5, 0.6) is 5.75 Å². The third-order valence-electron chi connectivity index (χ3n) is 3.51. The summed E-state index contributed by atoms with van der Waals surface area (Å²) < 4.78 is 9.05. The normalized spacial score (nSPS) is 16.0. The minimum atomic E-state index is -0.644. The predicted molar refractivity (Wildman–Crippen MR) is 84.4 cm³/mol. The molecule has 1 N–H and O–H groups in total. The Morgan fingerprint density at radius 3 is 2.20 bits per heavy atom. The van der Waals surface area contributed by atoms with Crippen molar-refractivity contribution >= 4 is 28.3 Å². The summed E-state index contributed by atoms with van der Waals surface area (Å²) in [6.07, 6.45) is 2.61. The molecule has 2 nitrogen and oxygen atoms in total. The molecule has 0 unspecified atom stereocenters. The molecule has 2 radical (unpaired) electrons. The summed E-state index contributed by atoms with van der Waals surface area (Å²) in [5, 5.41) is 3.36. The van der Waals surface area contributed by atoms with Gasteiger partial charge in [-0.3, -0.25) is 0 Å². The molecular formula is C17H19NOSn. The number of benzene rings is 2. The van der Waals surface area contributed by atoms with E-state index in [4.69, 9.17) is 4.74 Å². The van der Waals surface area contributed by atoms with E-state index < -0.39 is 21.1 Å². The Labute approximate surface area is 130 Å². The standard InChI is InChI=1S/C11H14NO.C6H5.Sn/c1-2-4-10(5-3-1)13-11-6-8-12-9-7-11;1-2-4-6-5-3-1;/h2-5,11-12H,6-9H2;1-5H;. The maximum atomic E-state index is 6.04. The summed E-state index contributed by atoms with van der Waals surface area (Å²) in [4.78, 5) is 0. The Balaban J connectivity index is 1.59. The van der Waals surface area contributed by atoms with Gasteiger partial charge >= 0.3 is 131 Å². The van der Waals surface area contributed by atoms with Gasteiger partial charge in [-0.2, -0.15) is 0 Å². The van der Waals surface area contributed by atoms with Gasteiger partial charge in [-0.25, -0.2) is 0 Å². The molecule has 1 fully saturated rings. The van der Waals surface area contributed by atoms with Gasteiger partial charge in [-0.15, -0.1) is 0 Å². The Bertz CT molecular complexity index is 520. The molecule has 1 aliphatic rings. The van der Waals surface area contributed by atoms with E-state index in [1.807, 2.05) is 0 Å². The summed E-state index contributed by atoms with van der Waals surface area (Å²) in [7, 11) is 0. The third kappa shape index (κ3) is 4.00. The molecule has 3 rings (SSSR count). The molecule has 102 valence electrons. The van der Waals surface area contributed by atoms with Crippen LogP contribution in [0.4, 0.5) is 0 Å². The Morgan fingerprint density at radius 1 is 0.850 bits per heavy atom. The van der Waals surface area contributed by atoms with Gasteiger partial charge in [0.1, 0.15) is 0 Å². The Hall–Kier alpha value is -1.00. The number of nitrogens with one attached hydrogen (secondary N) is 1. The molecule has 0 aromatic heterocycles. The maximum absolute atomic E-state index is 6.04. The molecule has 0 spiro atoms. The van der Waals surface area contributed by atoms with Crippen molar-refractivity contribution in [1.29, 1.82) is 0 Å². The van der Waals surface area contributed by atoms with Gasteiger partial charge < -0.3 is 0 Å². The molecule has 2 aromatic carbocycles. The second-order valence-electron chi connectivity index (χ2n) is 5.08. The van der Waals surface area contributed by atoms with Crippen LogP contribution in [0.15, 0.2) is 54.6 Å². The summed E-state index contributed by atoms with van der Waals surface area (Å²) in [6.45, 7) is 2.15. The fourth-order valence-electron chi connectivity index (χ4n) is 2.41. The molecule has 1 heterocycles. The zero-order valence-corrected chi connectivity index (χ0v) is 14.4. The van der Waals surface area contributed by atoms with Gasteiger partial charge in [0.05, 0.1) is 0 Å². The first-order chi connectivity index (χ1) is 9.90. The van der Waals surface area contributed by atoms with Crippen LogP contribution in [-0.4, -0.2) is 40.3 Å². The van der Waals surface area contributed by atoms with Crippen molar-refractivity contribution in [3.63, 3.8) is 0 Å². The van der Waals surface area contributed by atoms with Gasteiger partial charge in [0.25, 0.3) is 0 Å². The van der Waals surface area contributed by atoms with Gasteiger partial charge in [0.15, 0.2) is 0 Å². The summed E-state index contributed by atoms with van der Waals surface area (Å²) in [5.74, 6) is 1.02. The van der Waals surface area contributed by atoms with E-state index in [1.54, 1.807) is 0 Å². The Morgan fingerprint density at radius 2 is 1.50 bits per heavy atom. The van der Waals surface area contributed by atoms with Crippen molar-refractivity contribution in [2.24, 2.45) is 0 Å². The number of ether oxygens (including phenoxy) is 1. The number of piperidine rings is 1. The van der Waals surface area contributed by atoms with E-state index in [9.17, 15) is 0 Å². The van der Waals surface area contributed by atoms with E-state index in [0.29, 0.717) is 6.10 Å². The van der Waals surface area contributed by atoms with Gasteiger partial charge in [-0.1, -0.05) is 0 Å². The first kappa shape index (κ1) is 14.0. The van der Waals surface area contributed by atoms with Crippen molar-refractivity contribution in [1.82, 2.24) is 5.32 Å². The van der Waals surface area contributed by atoms with E-state index in [1.165, 1.54) is 7.16 Å². The molecule has 0 bridgehead atoms. The van der Waals surface area contributed by atoms with Crippen molar-refractivity contribution in [2.75, 3.05) is 13.1 Å². The van der Waals surface area contributed by atoms with Gasteiger partial charge in [0, 0.05) is 0 Å². The molecule has 0 amide bonds. The van der Waals surface area contributed by atoms with Crippen LogP contribution in [0.3, 0.4) is 0 Å².